The second-order valence-electron chi connectivity index (χ2n) is 4.35. The first-order valence-electron chi connectivity index (χ1n) is 5.07. The van der Waals surface area contributed by atoms with Crippen molar-refractivity contribution >= 4 is 0 Å². The van der Waals surface area contributed by atoms with Crippen molar-refractivity contribution in [3.63, 3.8) is 0 Å². The summed E-state index contributed by atoms with van der Waals surface area (Å²) in [6, 6.07) is 0. The van der Waals surface area contributed by atoms with Crippen molar-refractivity contribution in [2.24, 2.45) is 17.8 Å². The molecule has 0 radical (unpaired) electrons. The van der Waals surface area contributed by atoms with Gasteiger partial charge in [0.25, 0.3) is 0 Å². The van der Waals surface area contributed by atoms with E-state index in [0.29, 0.717) is 0 Å². The molecule has 68 valence electrons. The van der Waals surface area contributed by atoms with E-state index in [-0.39, 0.29) is 0 Å². The summed E-state index contributed by atoms with van der Waals surface area (Å²) in [6.45, 7) is 11.7. The third kappa shape index (κ3) is 5.29. The lowest BCUT2D eigenvalue weighted by Gasteiger charge is -2.19. The SMILES string of the molecule is CCCC(C)CC(C)C(C)C. The highest BCUT2D eigenvalue weighted by Gasteiger charge is 2.10. The van der Waals surface area contributed by atoms with Crippen LogP contribution in [-0.2, 0) is 0 Å². The first-order valence-corrected chi connectivity index (χ1v) is 5.07. The molecule has 0 amide bonds. The Labute approximate surface area is 72.4 Å². The minimum absolute atomic E-state index is 0.856. The zero-order valence-electron chi connectivity index (χ0n) is 8.85. The van der Waals surface area contributed by atoms with Crippen molar-refractivity contribution in [2.75, 3.05) is 0 Å². The summed E-state index contributed by atoms with van der Waals surface area (Å²) in [6.07, 6.45) is 4.15. The van der Waals surface area contributed by atoms with Crippen LogP contribution in [0.15, 0.2) is 0 Å². The minimum Gasteiger partial charge on any atom is -0.0654 e. The van der Waals surface area contributed by atoms with Crippen LogP contribution in [0.1, 0.15) is 53.9 Å². The lowest BCUT2D eigenvalue weighted by Crippen LogP contribution is -2.08. The third-order valence-corrected chi connectivity index (χ3v) is 2.69. The van der Waals surface area contributed by atoms with E-state index in [1.165, 1.54) is 19.3 Å². The van der Waals surface area contributed by atoms with Crippen molar-refractivity contribution in [3.8, 4) is 0 Å². The Balaban J connectivity index is 3.48. The molecule has 2 atom stereocenters. The molecule has 0 nitrogen and oxygen atoms in total. The summed E-state index contributed by atoms with van der Waals surface area (Å²) < 4.78 is 0. The van der Waals surface area contributed by atoms with E-state index in [1.807, 2.05) is 0 Å². The molecule has 0 aliphatic carbocycles. The molecule has 0 saturated heterocycles. The summed E-state index contributed by atoms with van der Waals surface area (Å²) in [4.78, 5) is 0. The molecule has 0 bridgehead atoms. The highest BCUT2D eigenvalue weighted by molar-refractivity contribution is 4.61. The highest BCUT2D eigenvalue weighted by atomic mass is 14.2. The molecule has 0 aliphatic heterocycles. The first-order chi connectivity index (χ1) is 5.07. The maximum atomic E-state index is 2.38. The molecule has 0 saturated carbocycles. The summed E-state index contributed by atoms with van der Waals surface area (Å²) in [5.74, 6) is 2.68. The van der Waals surface area contributed by atoms with Gasteiger partial charge >= 0.3 is 0 Å². The number of rotatable bonds is 5. The van der Waals surface area contributed by atoms with Crippen LogP contribution < -0.4 is 0 Å². The predicted octanol–water partition coefficient (Wildman–Crippen LogP) is 4.10. The molecule has 0 heteroatoms. The van der Waals surface area contributed by atoms with Gasteiger partial charge in [-0.15, -0.1) is 0 Å². The number of hydrogen-bond donors (Lipinski definition) is 0. The van der Waals surface area contributed by atoms with Crippen LogP contribution in [0, 0.1) is 17.8 Å². The smallest absolute Gasteiger partial charge is 0.0417 e. The van der Waals surface area contributed by atoms with E-state index in [1.54, 1.807) is 0 Å². The summed E-state index contributed by atoms with van der Waals surface area (Å²) in [5.41, 5.74) is 0. The highest BCUT2D eigenvalue weighted by Crippen LogP contribution is 2.21. The Morgan fingerprint density at radius 1 is 1.00 bits per heavy atom. The average molecular weight is 156 g/mol. The second kappa shape index (κ2) is 5.62. The monoisotopic (exact) mass is 156 g/mol. The van der Waals surface area contributed by atoms with E-state index in [0.717, 1.165) is 17.8 Å². The normalized spacial score (nSPS) is 16.9. The molecule has 0 aromatic heterocycles. The quantitative estimate of drug-likeness (QED) is 0.562. The molecular weight excluding hydrogens is 132 g/mol. The van der Waals surface area contributed by atoms with E-state index < -0.39 is 0 Å². The molecule has 0 aromatic rings. The molecule has 11 heavy (non-hydrogen) atoms. The molecule has 0 aromatic carbocycles. The molecule has 0 spiro atoms. The number of hydrogen-bond acceptors (Lipinski definition) is 0. The van der Waals surface area contributed by atoms with Crippen LogP contribution in [0.3, 0.4) is 0 Å². The zero-order chi connectivity index (χ0) is 8.85. The fourth-order valence-corrected chi connectivity index (χ4v) is 1.52. The van der Waals surface area contributed by atoms with Crippen LogP contribution in [0.4, 0.5) is 0 Å². The van der Waals surface area contributed by atoms with Gasteiger partial charge in [-0.2, -0.15) is 0 Å². The summed E-state index contributed by atoms with van der Waals surface area (Å²) in [7, 11) is 0. The Morgan fingerprint density at radius 3 is 1.91 bits per heavy atom. The largest absolute Gasteiger partial charge is 0.0654 e. The predicted molar refractivity (Wildman–Crippen MR) is 52.7 cm³/mol. The van der Waals surface area contributed by atoms with Crippen molar-refractivity contribution in [1.82, 2.24) is 0 Å². The van der Waals surface area contributed by atoms with E-state index in [2.05, 4.69) is 34.6 Å². The van der Waals surface area contributed by atoms with Crippen molar-refractivity contribution < 1.29 is 0 Å². The van der Waals surface area contributed by atoms with E-state index in [4.69, 9.17) is 0 Å². The fourth-order valence-electron chi connectivity index (χ4n) is 1.52. The topological polar surface area (TPSA) is 0 Å². The van der Waals surface area contributed by atoms with Crippen LogP contribution >= 0.6 is 0 Å². The molecule has 0 N–H and O–H groups in total. The lowest BCUT2D eigenvalue weighted by molar-refractivity contribution is 0.320. The van der Waals surface area contributed by atoms with Gasteiger partial charge in [-0.1, -0.05) is 47.5 Å². The van der Waals surface area contributed by atoms with Gasteiger partial charge in [0.2, 0.25) is 0 Å². The van der Waals surface area contributed by atoms with Gasteiger partial charge in [0.1, 0.15) is 0 Å². The lowest BCUT2D eigenvalue weighted by atomic mass is 9.87. The van der Waals surface area contributed by atoms with Crippen molar-refractivity contribution in [2.45, 2.75) is 53.9 Å². The van der Waals surface area contributed by atoms with Crippen LogP contribution in [0.5, 0.6) is 0 Å². The van der Waals surface area contributed by atoms with E-state index in [9.17, 15) is 0 Å². The standard InChI is InChI=1S/C11H24/c1-6-7-10(4)8-11(5)9(2)3/h9-11H,6-8H2,1-5H3. The maximum Gasteiger partial charge on any atom is -0.0417 e. The molecule has 0 fully saturated rings. The molecule has 2 unspecified atom stereocenters. The molecule has 0 heterocycles. The Bertz CT molecular complexity index is 84.0. The Morgan fingerprint density at radius 2 is 1.55 bits per heavy atom. The average Bonchev–Trinajstić information content (AvgIpc) is 1.87. The first kappa shape index (κ1) is 11.0. The van der Waals surface area contributed by atoms with Gasteiger partial charge in [0, 0.05) is 0 Å². The van der Waals surface area contributed by atoms with Crippen LogP contribution in [0.2, 0.25) is 0 Å². The van der Waals surface area contributed by atoms with Gasteiger partial charge in [-0.25, -0.2) is 0 Å². The second-order valence-corrected chi connectivity index (χ2v) is 4.35. The van der Waals surface area contributed by atoms with Gasteiger partial charge in [-0.05, 0) is 24.2 Å². The zero-order valence-corrected chi connectivity index (χ0v) is 8.85. The summed E-state index contributed by atoms with van der Waals surface area (Å²) in [5, 5.41) is 0. The Hall–Kier alpha value is 0. The summed E-state index contributed by atoms with van der Waals surface area (Å²) >= 11 is 0. The van der Waals surface area contributed by atoms with Crippen LogP contribution in [0.25, 0.3) is 0 Å². The molecular formula is C11H24. The molecule has 0 aliphatic rings. The third-order valence-electron chi connectivity index (χ3n) is 2.69. The van der Waals surface area contributed by atoms with Gasteiger partial charge < -0.3 is 0 Å². The minimum atomic E-state index is 0.856. The van der Waals surface area contributed by atoms with Crippen molar-refractivity contribution in [3.05, 3.63) is 0 Å². The van der Waals surface area contributed by atoms with Crippen molar-refractivity contribution in [1.29, 1.82) is 0 Å². The fraction of sp³-hybridized carbons (Fsp3) is 1.00. The van der Waals surface area contributed by atoms with Gasteiger partial charge in [0.15, 0.2) is 0 Å². The van der Waals surface area contributed by atoms with E-state index >= 15 is 0 Å². The maximum absolute atomic E-state index is 2.38. The Kier molecular flexibility index (Phi) is 5.62. The van der Waals surface area contributed by atoms with Gasteiger partial charge in [0.05, 0.1) is 0 Å². The van der Waals surface area contributed by atoms with Crippen LogP contribution in [-0.4, -0.2) is 0 Å². The van der Waals surface area contributed by atoms with Gasteiger partial charge in [-0.3, -0.25) is 0 Å². The molecule has 0 rings (SSSR count).